The molecule has 0 saturated heterocycles. The predicted octanol–water partition coefficient (Wildman–Crippen LogP) is 3.21. The Bertz CT molecular complexity index is 459. The molecule has 0 bridgehead atoms. The molecule has 1 aromatic carbocycles. The minimum Gasteiger partial charge on any atom is -0.507 e. The van der Waals surface area contributed by atoms with E-state index in [1.807, 2.05) is 0 Å². The fraction of sp³-hybridized carbons (Fsp3) is 0.500. The van der Waals surface area contributed by atoms with Crippen LogP contribution in [0.2, 0.25) is 0 Å². The normalized spacial score (nSPS) is 23.1. The molecule has 1 aromatic rings. The number of benzene rings is 1. The molecular formula is C14H17BrFNO2. The molecule has 19 heavy (non-hydrogen) atoms. The molecule has 0 atom stereocenters. The zero-order valence-corrected chi connectivity index (χ0v) is 12.1. The fourth-order valence-electron chi connectivity index (χ4n) is 2.35. The number of amides is 1. The average Bonchev–Trinajstić information content (AvgIpc) is 2.40. The first kappa shape index (κ1) is 14.3. The van der Waals surface area contributed by atoms with E-state index in [4.69, 9.17) is 0 Å². The summed E-state index contributed by atoms with van der Waals surface area (Å²) in [6, 6.07) is 3.38. The summed E-state index contributed by atoms with van der Waals surface area (Å²) in [5.41, 5.74) is -0.00539. The van der Waals surface area contributed by atoms with Gasteiger partial charge in [-0.2, -0.15) is 0 Å². The number of carbonyl (C=O) groups is 1. The number of carbonyl (C=O) groups excluding carboxylic acids is 1. The molecule has 2 rings (SSSR count). The number of aromatic hydroxyl groups is 1. The van der Waals surface area contributed by atoms with E-state index in [1.165, 1.54) is 6.07 Å². The van der Waals surface area contributed by atoms with Gasteiger partial charge in [0, 0.05) is 11.4 Å². The van der Waals surface area contributed by atoms with Crippen LogP contribution in [0.1, 0.15) is 36.0 Å². The van der Waals surface area contributed by atoms with E-state index < -0.39 is 11.7 Å². The van der Waals surface area contributed by atoms with Gasteiger partial charge in [0.25, 0.3) is 5.91 Å². The van der Waals surface area contributed by atoms with E-state index in [0.717, 1.165) is 37.8 Å². The summed E-state index contributed by atoms with van der Waals surface area (Å²) in [5, 5.41) is 12.3. The standard InChI is InChI=1S/C14H17BrFNO2/c15-10-3-1-9(2-4-10)8-17-14(19)12-7-11(16)5-6-13(12)18/h5-7,9-10,18H,1-4,8H2,(H,17,19). The first-order valence-electron chi connectivity index (χ1n) is 6.47. The quantitative estimate of drug-likeness (QED) is 0.836. The fourth-order valence-corrected chi connectivity index (χ4v) is 2.88. The second-order valence-corrected chi connectivity index (χ2v) is 6.28. The Kier molecular flexibility index (Phi) is 4.80. The third kappa shape index (κ3) is 3.93. The van der Waals surface area contributed by atoms with Crippen LogP contribution in [0.4, 0.5) is 4.39 Å². The van der Waals surface area contributed by atoms with Crippen LogP contribution >= 0.6 is 15.9 Å². The van der Waals surface area contributed by atoms with Crippen molar-refractivity contribution in [3.05, 3.63) is 29.6 Å². The summed E-state index contributed by atoms with van der Waals surface area (Å²) in [4.78, 5) is 12.5. The maximum Gasteiger partial charge on any atom is 0.255 e. The van der Waals surface area contributed by atoms with Gasteiger partial charge in [-0.05, 0) is 49.8 Å². The molecule has 0 heterocycles. The Morgan fingerprint density at radius 3 is 2.74 bits per heavy atom. The summed E-state index contributed by atoms with van der Waals surface area (Å²) in [6.45, 7) is 0.578. The van der Waals surface area contributed by atoms with Crippen molar-refractivity contribution >= 4 is 21.8 Å². The number of nitrogens with one attached hydrogen (secondary N) is 1. The minimum absolute atomic E-state index is 0.00539. The molecule has 1 saturated carbocycles. The highest BCUT2D eigenvalue weighted by molar-refractivity contribution is 9.09. The molecule has 1 fully saturated rings. The first-order valence-corrected chi connectivity index (χ1v) is 7.38. The van der Waals surface area contributed by atoms with Crippen LogP contribution in [0.25, 0.3) is 0 Å². The summed E-state index contributed by atoms with van der Waals surface area (Å²) < 4.78 is 13.0. The number of hydrogen-bond acceptors (Lipinski definition) is 2. The molecule has 0 aromatic heterocycles. The monoisotopic (exact) mass is 329 g/mol. The highest BCUT2D eigenvalue weighted by Gasteiger charge is 2.20. The zero-order chi connectivity index (χ0) is 13.8. The van der Waals surface area contributed by atoms with Crippen molar-refractivity contribution in [1.82, 2.24) is 5.32 Å². The maximum absolute atomic E-state index is 13.0. The third-order valence-corrected chi connectivity index (χ3v) is 4.45. The van der Waals surface area contributed by atoms with Gasteiger partial charge in [0.15, 0.2) is 0 Å². The van der Waals surface area contributed by atoms with E-state index in [1.54, 1.807) is 0 Å². The average molecular weight is 330 g/mol. The van der Waals surface area contributed by atoms with Gasteiger partial charge < -0.3 is 10.4 Å². The highest BCUT2D eigenvalue weighted by atomic mass is 79.9. The predicted molar refractivity (Wildman–Crippen MR) is 75.1 cm³/mol. The smallest absolute Gasteiger partial charge is 0.255 e. The Balaban J connectivity index is 1.89. The van der Waals surface area contributed by atoms with Gasteiger partial charge in [0.05, 0.1) is 5.56 Å². The van der Waals surface area contributed by atoms with Crippen LogP contribution in [-0.4, -0.2) is 22.4 Å². The number of phenols is 1. The summed E-state index contributed by atoms with van der Waals surface area (Å²) >= 11 is 3.59. The topological polar surface area (TPSA) is 49.3 Å². The van der Waals surface area contributed by atoms with E-state index >= 15 is 0 Å². The molecule has 0 unspecified atom stereocenters. The van der Waals surface area contributed by atoms with E-state index in [9.17, 15) is 14.3 Å². The third-order valence-electron chi connectivity index (χ3n) is 3.53. The molecule has 1 aliphatic carbocycles. The van der Waals surface area contributed by atoms with Gasteiger partial charge in [-0.1, -0.05) is 15.9 Å². The number of halogens is 2. The van der Waals surface area contributed by atoms with Crippen LogP contribution in [-0.2, 0) is 0 Å². The second kappa shape index (κ2) is 6.37. The minimum atomic E-state index is -0.525. The molecule has 0 spiro atoms. The number of hydrogen-bond donors (Lipinski definition) is 2. The summed E-state index contributed by atoms with van der Waals surface area (Å²) in [5.74, 6) is -0.669. The van der Waals surface area contributed by atoms with E-state index in [2.05, 4.69) is 21.2 Å². The Labute approximate surface area is 120 Å². The molecule has 1 aliphatic rings. The molecule has 1 amide bonds. The van der Waals surface area contributed by atoms with Crippen LogP contribution < -0.4 is 5.32 Å². The van der Waals surface area contributed by atoms with Crippen molar-refractivity contribution in [1.29, 1.82) is 0 Å². The van der Waals surface area contributed by atoms with Gasteiger partial charge in [0.2, 0.25) is 0 Å². The molecule has 2 N–H and O–H groups in total. The Morgan fingerprint density at radius 2 is 2.05 bits per heavy atom. The van der Waals surface area contributed by atoms with Crippen LogP contribution in [0.5, 0.6) is 5.75 Å². The van der Waals surface area contributed by atoms with Crippen molar-refractivity contribution < 1.29 is 14.3 Å². The van der Waals surface area contributed by atoms with Crippen molar-refractivity contribution in [3.8, 4) is 5.75 Å². The lowest BCUT2D eigenvalue weighted by Crippen LogP contribution is -2.31. The van der Waals surface area contributed by atoms with Crippen molar-refractivity contribution in [2.45, 2.75) is 30.5 Å². The lowest BCUT2D eigenvalue weighted by atomic mass is 9.89. The van der Waals surface area contributed by atoms with Gasteiger partial charge in [-0.15, -0.1) is 0 Å². The van der Waals surface area contributed by atoms with Gasteiger partial charge in [-0.3, -0.25) is 4.79 Å². The van der Waals surface area contributed by atoms with Crippen LogP contribution in [0.15, 0.2) is 18.2 Å². The van der Waals surface area contributed by atoms with Crippen LogP contribution in [0, 0.1) is 11.7 Å². The molecule has 0 radical (unpaired) electrons. The van der Waals surface area contributed by atoms with Crippen molar-refractivity contribution in [2.75, 3.05) is 6.54 Å². The molecule has 5 heteroatoms. The zero-order valence-electron chi connectivity index (χ0n) is 10.5. The number of rotatable bonds is 3. The number of alkyl halides is 1. The second-order valence-electron chi connectivity index (χ2n) is 4.99. The Hall–Kier alpha value is -1.10. The Morgan fingerprint density at radius 1 is 1.37 bits per heavy atom. The lowest BCUT2D eigenvalue weighted by Gasteiger charge is -2.25. The van der Waals surface area contributed by atoms with E-state index in [-0.39, 0.29) is 11.3 Å². The molecule has 104 valence electrons. The first-order chi connectivity index (χ1) is 9.06. The summed E-state index contributed by atoms with van der Waals surface area (Å²) in [6.07, 6.45) is 4.38. The molecule has 3 nitrogen and oxygen atoms in total. The molecule has 0 aliphatic heterocycles. The van der Waals surface area contributed by atoms with Gasteiger partial charge in [-0.25, -0.2) is 4.39 Å². The van der Waals surface area contributed by atoms with Crippen LogP contribution in [0.3, 0.4) is 0 Å². The maximum atomic E-state index is 13.0. The summed E-state index contributed by atoms with van der Waals surface area (Å²) in [7, 11) is 0. The van der Waals surface area contributed by atoms with Crippen molar-refractivity contribution in [3.63, 3.8) is 0 Å². The largest absolute Gasteiger partial charge is 0.507 e. The van der Waals surface area contributed by atoms with Crippen molar-refractivity contribution in [2.24, 2.45) is 5.92 Å². The number of phenolic OH excluding ortho intramolecular Hbond substituents is 1. The lowest BCUT2D eigenvalue weighted by molar-refractivity contribution is 0.0940. The van der Waals surface area contributed by atoms with E-state index in [0.29, 0.717) is 17.3 Å². The van der Waals surface area contributed by atoms with Gasteiger partial charge >= 0.3 is 0 Å². The van der Waals surface area contributed by atoms with Gasteiger partial charge in [0.1, 0.15) is 11.6 Å². The molecular weight excluding hydrogens is 313 g/mol. The SMILES string of the molecule is O=C(NCC1CCC(Br)CC1)c1cc(F)ccc1O. The highest BCUT2D eigenvalue weighted by Crippen LogP contribution is 2.28.